The molecule has 2 N–H and O–H groups in total. The van der Waals surface area contributed by atoms with Gasteiger partial charge in [-0.05, 0) is 37.6 Å². The van der Waals surface area contributed by atoms with Gasteiger partial charge in [0.2, 0.25) is 0 Å². The van der Waals surface area contributed by atoms with Gasteiger partial charge < -0.3 is 5.32 Å². The van der Waals surface area contributed by atoms with Gasteiger partial charge in [-0.3, -0.25) is 5.10 Å². The normalized spacial score (nSPS) is 10.4. The minimum absolute atomic E-state index is 0.790. The van der Waals surface area contributed by atoms with E-state index in [1.807, 2.05) is 13.1 Å². The van der Waals surface area contributed by atoms with Crippen LogP contribution in [0.3, 0.4) is 0 Å². The topological polar surface area (TPSA) is 40.7 Å². The van der Waals surface area contributed by atoms with Crippen LogP contribution in [0, 0.1) is 13.8 Å². The molecule has 0 radical (unpaired) electrons. The molecule has 4 heteroatoms. The maximum atomic E-state index is 3.99. The van der Waals surface area contributed by atoms with E-state index < -0.39 is 0 Å². The quantitative estimate of drug-likeness (QED) is 0.904. The molecule has 0 unspecified atom stereocenters. The van der Waals surface area contributed by atoms with E-state index in [1.54, 1.807) is 0 Å². The molecule has 0 amide bonds. The smallest absolute Gasteiger partial charge is 0.0539 e. The molecule has 1 aromatic carbocycles. The first-order valence-corrected chi connectivity index (χ1v) is 5.94. The molecule has 1 heterocycles. The third kappa shape index (κ3) is 2.64. The fourth-order valence-corrected chi connectivity index (χ4v) is 2.20. The number of anilines is 1. The summed E-state index contributed by atoms with van der Waals surface area (Å²) in [5, 5.41) is 10.3. The van der Waals surface area contributed by atoms with Crippen molar-refractivity contribution >= 4 is 21.6 Å². The SMILES string of the molecule is Cc1cc(Br)cc(NCc2cn[nH]c2C)c1. The van der Waals surface area contributed by atoms with E-state index in [4.69, 9.17) is 0 Å². The summed E-state index contributed by atoms with van der Waals surface area (Å²) in [6.07, 6.45) is 1.85. The molecule has 2 rings (SSSR count). The van der Waals surface area contributed by atoms with E-state index in [2.05, 4.69) is 56.6 Å². The fraction of sp³-hybridized carbons (Fsp3) is 0.250. The van der Waals surface area contributed by atoms with Gasteiger partial charge in [0, 0.05) is 28.0 Å². The highest BCUT2D eigenvalue weighted by atomic mass is 79.9. The molecular formula is C12H14BrN3. The Morgan fingerprint density at radius 3 is 2.75 bits per heavy atom. The Morgan fingerprint density at radius 2 is 2.12 bits per heavy atom. The lowest BCUT2D eigenvalue weighted by Gasteiger charge is -2.07. The minimum atomic E-state index is 0.790. The lowest BCUT2D eigenvalue weighted by atomic mass is 10.2. The Kier molecular flexibility index (Phi) is 3.29. The fourth-order valence-electron chi connectivity index (χ4n) is 1.59. The summed E-state index contributed by atoms with van der Waals surface area (Å²) in [5.41, 5.74) is 4.66. The van der Waals surface area contributed by atoms with Gasteiger partial charge in [-0.25, -0.2) is 0 Å². The van der Waals surface area contributed by atoms with E-state index in [1.165, 1.54) is 11.1 Å². The molecule has 0 bridgehead atoms. The van der Waals surface area contributed by atoms with Gasteiger partial charge in [0.05, 0.1) is 6.20 Å². The molecule has 0 saturated carbocycles. The molecule has 0 aliphatic carbocycles. The van der Waals surface area contributed by atoms with Crippen molar-refractivity contribution < 1.29 is 0 Å². The van der Waals surface area contributed by atoms with Crippen LogP contribution in [0.25, 0.3) is 0 Å². The Bertz CT molecular complexity index is 471. The molecule has 0 aliphatic rings. The zero-order valence-electron chi connectivity index (χ0n) is 9.34. The Balaban J connectivity index is 2.07. The second kappa shape index (κ2) is 4.70. The van der Waals surface area contributed by atoms with Crippen LogP contribution in [-0.2, 0) is 6.54 Å². The molecule has 0 saturated heterocycles. The first-order chi connectivity index (χ1) is 7.65. The molecule has 1 aromatic heterocycles. The van der Waals surface area contributed by atoms with Crippen molar-refractivity contribution in [3.8, 4) is 0 Å². The lowest BCUT2D eigenvalue weighted by Crippen LogP contribution is -2.00. The highest BCUT2D eigenvalue weighted by Gasteiger charge is 2.01. The predicted octanol–water partition coefficient (Wildman–Crippen LogP) is 3.40. The first kappa shape index (κ1) is 11.2. The van der Waals surface area contributed by atoms with E-state index in [0.717, 1.165) is 22.4 Å². The maximum absolute atomic E-state index is 3.99. The average molecular weight is 280 g/mol. The van der Waals surface area contributed by atoms with E-state index >= 15 is 0 Å². The first-order valence-electron chi connectivity index (χ1n) is 5.15. The number of halogens is 1. The Labute approximate surface area is 103 Å². The molecule has 0 spiro atoms. The van der Waals surface area contributed by atoms with Crippen LogP contribution in [0.1, 0.15) is 16.8 Å². The van der Waals surface area contributed by atoms with Gasteiger partial charge in [0.15, 0.2) is 0 Å². The van der Waals surface area contributed by atoms with E-state index in [0.29, 0.717) is 0 Å². The number of benzene rings is 1. The summed E-state index contributed by atoms with van der Waals surface area (Å²) in [7, 11) is 0. The number of hydrogen-bond acceptors (Lipinski definition) is 2. The van der Waals surface area contributed by atoms with Crippen molar-refractivity contribution in [2.75, 3.05) is 5.32 Å². The van der Waals surface area contributed by atoms with Gasteiger partial charge >= 0.3 is 0 Å². The highest BCUT2D eigenvalue weighted by molar-refractivity contribution is 9.10. The zero-order chi connectivity index (χ0) is 11.5. The van der Waals surface area contributed by atoms with Crippen molar-refractivity contribution in [3.63, 3.8) is 0 Å². The molecule has 16 heavy (non-hydrogen) atoms. The summed E-state index contributed by atoms with van der Waals surface area (Å²) in [4.78, 5) is 0. The standard InChI is InChI=1S/C12H14BrN3/c1-8-3-11(13)5-12(4-8)14-6-10-7-15-16-9(10)2/h3-5,7,14H,6H2,1-2H3,(H,15,16). The third-order valence-corrected chi connectivity index (χ3v) is 2.92. The van der Waals surface area contributed by atoms with Crippen molar-refractivity contribution in [1.82, 2.24) is 10.2 Å². The Hall–Kier alpha value is -1.29. The second-order valence-electron chi connectivity index (χ2n) is 3.89. The lowest BCUT2D eigenvalue weighted by molar-refractivity contribution is 1.04. The molecule has 2 aromatic rings. The van der Waals surface area contributed by atoms with Crippen LogP contribution in [0.5, 0.6) is 0 Å². The molecule has 0 aliphatic heterocycles. The number of nitrogens with one attached hydrogen (secondary N) is 2. The van der Waals surface area contributed by atoms with Crippen LogP contribution in [0.2, 0.25) is 0 Å². The number of aromatic nitrogens is 2. The highest BCUT2D eigenvalue weighted by Crippen LogP contribution is 2.19. The van der Waals surface area contributed by atoms with Crippen molar-refractivity contribution in [1.29, 1.82) is 0 Å². The number of nitrogens with zero attached hydrogens (tertiary/aromatic N) is 1. The van der Waals surface area contributed by atoms with Crippen LogP contribution < -0.4 is 5.32 Å². The summed E-state index contributed by atoms with van der Waals surface area (Å²) in [6, 6.07) is 6.29. The number of rotatable bonds is 3. The molecule has 3 nitrogen and oxygen atoms in total. The van der Waals surface area contributed by atoms with Crippen LogP contribution in [0.4, 0.5) is 5.69 Å². The molecule has 84 valence electrons. The van der Waals surface area contributed by atoms with Crippen molar-refractivity contribution in [2.24, 2.45) is 0 Å². The van der Waals surface area contributed by atoms with E-state index in [9.17, 15) is 0 Å². The molecule has 0 atom stereocenters. The minimum Gasteiger partial charge on any atom is -0.381 e. The zero-order valence-corrected chi connectivity index (χ0v) is 10.9. The summed E-state index contributed by atoms with van der Waals surface area (Å²) < 4.78 is 1.10. The van der Waals surface area contributed by atoms with Gasteiger partial charge in [0.1, 0.15) is 0 Å². The van der Waals surface area contributed by atoms with Crippen molar-refractivity contribution in [3.05, 3.63) is 45.7 Å². The van der Waals surface area contributed by atoms with Crippen molar-refractivity contribution in [2.45, 2.75) is 20.4 Å². The summed E-state index contributed by atoms with van der Waals surface area (Å²) in [6.45, 7) is 4.90. The monoisotopic (exact) mass is 279 g/mol. The van der Waals surface area contributed by atoms with E-state index in [-0.39, 0.29) is 0 Å². The van der Waals surface area contributed by atoms with Gasteiger partial charge in [-0.1, -0.05) is 15.9 Å². The third-order valence-electron chi connectivity index (χ3n) is 2.46. The summed E-state index contributed by atoms with van der Waals surface area (Å²) in [5.74, 6) is 0. The van der Waals surface area contributed by atoms with Crippen LogP contribution in [0.15, 0.2) is 28.9 Å². The van der Waals surface area contributed by atoms with Gasteiger partial charge in [-0.2, -0.15) is 5.10 Å². The largest absolute Gasteiger partial charge is 0.381 e. The predicted molar refractivity (Wildman–Crippen MR) is 69.5 cm³/mol. The Morgan fingerprint density at radius 1 is 1.31 bits per heavy atom. The molecule has 0 fully saturated rings. The second-order valence-corrected chi connectivity index (χ2v) is 4.81. The average Bonchev–Trinajstić information content (AvgIpc) is 2.59. The van der Waals surface area contributed by atoms with Crippen LogP contribution >= 0.6 is 15.9 Å². The number of aromatic amines is 1. The number of hydrogen-bond donors (Lipinski definition) is 2. The van der Waals surface area contributed by atoms with Crippen LogP contribution in [-0.4, -0.2) is 10.2 Å². The van der Waals surface area contributed by atoms with Gasteiger partial charge in [-0.15, -0.1) is 0 Å². The maximum Gasteiger partial charge on any atom is 0.0539 e. The number of aryl methyl sites for hydroxylation is 2. The number of H-pyrrole nitrogens is 1. The van der Waals surface area contributed by atoms with Gasteiger partial charge in [0.25, 0.3) is 0 Å². The molecular weight excluding hydrogens is 266 g/mol. The summed E-state index contributed by atoms with van der Waals surface area (Å²) >= 11 is 3.49.